The predicted molar refractivity (Wildman–Crippen MR) is 103 cm³/mol. The second-order valence-electron chi connectivity index (χ2n) is 6.14. The molecule has 0 N–H and O–H groups in total. The lowest BCUT2D eigenvalue weighted by molar-refractivity contribution is 1.11. The molecule has 0 amide bonds. The molecule has 0 heteroatoms. The van der Waals surface area contributed by atoms with Crippen molar-refractivity contribution in [1.82, 2.24) is 0 Å². The van der Waals surface area contributed by atoms with Gasteiger partial charge in [-0.3, -0.25) is 0 Å². The Kier molecular flexibility index (Phi) is 4.12. The maximum atomic E-state index is 2.29. The molecule has 0 heterocycles. The lowest BCUT2D eigenvalue weighted by atomic mass is 9.82. The van der Waals surface area contributed by atoms with Crippen LogP contribution in [0.2, 0.25) is 0 Å². The van der Waals surface area contributed by atoms with Crippen molar-refractivity contribution in [3.63, 3.8) is 0 Å². The Morgan fingerprint density at radius 3 is 1.92 bits per heavy atom. The molecule has 2 aromatic rings. The van der Waals surface area contributed by atoms with Crippen molar-refractivity contribution in [2.45, 2.75) is 6.42 Å². The number of hydrogen-bond donors (Lipinski definition) is 0. The minimum atomic E-state index is 0.323. The second kappa shape index (κ2) is 6.72. The molecule has 0 aromatic heterocycles. The van der Waals surface area contributed by atoms with Crippen molar-refractivity contribution < 1.29 is 0 Å². The van der Waals surface area contributed by atoms with Crippen molar-refractivity contribution in [1.29, 1.82) is 0 Å². The average molecular weight is 308 g/mol. The van der Waals surface area contributed by atoms with Gasteiger partial charge in [-0.15, -0.1) is 0 Å². The predicted octanol–water partition coefficient (Wildman–Crippen LogP) is 6.23. The Bertz CT molecular complexity index is 847. The van der Waals surface area contributed by atoms with Crippen LogP contribution in [0.3, 0.4) is 0 Å². The first-order valence-corrected chi connectivity index (χ1v) is 8.49. The Morgan fingerprint density at radius 1 is 0.708 bits per heavy atom. The van der Waals surface area contributed by atoms with E-state index in [1.165, 1.54) is 27.8 Å². The average Bonchev–Trinajstić information content (AvgIpc) is 3.35. The first-order chi connectivity index (χ1) is 11.9. The van der Waals surface area contributed by atoms with E-state index in [4.69, 9.17) is 0 Å². The minimum absolute atomic E-state index is 0.323. The summed E-state index contributed by atoms with van der Waals surface area (Å²) in [6, 6.07) is 21.6. The third kappa shape index (κ3) is 2.83. The van der Waals surface area contributed by atoms with Crippen molar-refractivity contribution in [3.8, 4) is 0 Å². The molecule has 0 bridgehead atoms. The molecule has 0 saturated heterocycles. The number of allylic oxidation sites excluding steroid dienone is 10. The summed E-state index contributed by atoms with van der Waals surface area (Å²) < 4.78 is 0. The van der Waals surface area contributed by atoms with E-state index in [1.807, 2.05) is 0 Å². The van der Waals surface area contributed by atoms with Gasteiger partial charge in [0.1, 0.15) is 0 Å². The summed E-state index contributed by atoms with van der Waals surface area (Å²) in [7, 11) is 0. The van der Waals surface area contributed by atoms with Gasteiger partial charge in [0.25, 0.3) is 0 Å². The summed E-state index contributed by atoms with van der Waals surface area (Å²) >= 11 is 0. The summed E-state index contributed by atoms with van der Waals surface area (Å²) in [5, 5.41) is 0. The van der Waals surface area contributed by atoms with Crippen LogP contribution in [0.5, 0.6) is 0 Å². The highest BCUT2D eigenvalue weighted by Gasteiger charge is 2.21. The molecule has 0 aliphatic heterocycles. The lowest BCUT2D eigenvalue weighted by Crippen LogP contribution is -2.02. The fourth-order valence-electron chi connectivity index (χ4n) is 3.50. The topological polar surface area (TPSA) is 0 Å². The highest BCUT2D eigenvalue weighted by Crippen LogP contribution is 2.41. The second-order valence-corrected chi connectivity index (χ2v) is 6.14. The van der Waals surface area contributed by atoms with Gasteiger partial charge in [-0.2, -0.15) is 0 Å². The quantitative estimate of drug-likeness (QED) is 0.588. The van der Waals surface area contributed by atoms with Crippen LogP contribution in [-0.2, 0) is 0 Å². The molecule has 2 aromatic carbocycles. The SMILES string of the molecule is C1=CCC(/C(=C(\c2ccccc2)C2C=CC=C2)c2ccccc2)=C1. The van der Waals surface area contributed by atoms with Crippen LogP contribution in [-0.4, -0.2) is 0 Å². The van der Waals surface area contributed by atoms with Gasteiger partial charge in [-0.1, -0.05) is 103 Å². The van der Waals surface area contributed by atoms with Gasteiger partial charge in [-0.05, 0) is 34.3 Å². The molecular weight excluding hydrogens is 288 g/mol. The number of benzene rings is 2. The minimum Gasteiger partial charge on any atom is -0.0801 e. The van der Waals surface area contributed by atoms with E-state index in [9.17, 15) is 0 Å². The van der Waals surface area contributed by atoms with Crippen LogP contribution in [0.25, 0.3) is 11.1 Å². The van der Waals surface area contributed by atoms with Gasteiger partial charge in [0, 0.05) is 5.92 Å². The summed E-state index contributed by atoms with van der Waals surface area (Å²) in [6.45, 7) is 0. The molecular formula is C24H20. The molecule has 0 atom stereocenters. The van der Waals surface area contributed by atoms with Crippen LogP contribution in [0.1, 0.15) is 17.5 Å². The molecule has 0 radical (unpaired) electrons. The van der Waals surface area contributed by atoms with Crippen LogP contribution in [0.15, 0.2) is 109 Å². The zero-order chi connectivity index (χ0) is 16.2. The van der Waals surface area contributed by atoms with Gasteiger partial charge >= 0.3 is 0 Å². The third-order valence-corrected chi connectivity index (χ3v) is 4.59. The zero-order valence-electron chi connectivity index (χ0n) is 13.6. The van der Waals surface area contributed by atoms with Gasteiger partial charge < -0.3 is 0 Å². The van der Waals surface area contributed by atoms with Crippen molar-refractivity contribution in [3.05, 3.63) is 120 Å². The van der Waals surface area contributed by atoms with E-state index in [2.05, 4.69) is 103 Å². The zero-order valence-corrected chi connectivity index (χ0v) is 13.6. The fraction of sp³-hybridized carbons (Fsp3) is 0.0833. The van der Waals surface area contributed by atoms with Gasteiger partial charge in [-0.25, -0.2) is 0 Å². The van der Waals surface area contributed by atoms with E-state index in [-0.39, 0.29) is 0 Å². The highest BCUT2D eigenvalue weighted by molar-refractivity contribution is 6.00. The highest BCUT2D eigenvalue weighted by atomic mass is 14.2. The Balaban J connectivity index is 1.98. The molecule has 0 saturated carbocycles. The van der Waals surface area contributed by atoms with E-state index in [1.54, 1.807) is 0 Å². The maximum Gasteiger partial charge on any atom is 0.0217 e. The van der Waals surface area contributed by atoms with Crippen LogP contribution < -0.4 is 0 Å². The normalized spacial score (nSPS) is 17.2. The van der Waals surface area contributed by atoms with Gasteiger partial charge in [0.15, 0.2) is 0 Å². The summed E-state index contributed by atoms with van der Waals surface area (Å²) in [4.78, 5) is 0. The third-order valence-electron chi connectivity index (χ3n) is 4.59. The standard InChI is InChI=1S/C24H20/c1-3-11-19(12-4-1)23(21-15-7-8-16-21)24(22-17-9-10-18-22)20-13-5-2-6-14-20/h1-17,21H,18H2/b24-23+. The summed E-state index contributed by atoms with van der Waals surface area (Å²) in [5.41, 5.74) is 6.74. The Labute approximate surface area is 143 Å². The smallest absolute Gasteiger partial charge is 0.0217 e. The molecule has 116 valence electrons. The monoisotopic (exact) mass is 308 g/mol. The van der Waals surface area contributed by atoms with Gasteiger partial charge in [0.2, 0.25) is 0 Å². The molecule has 0 spiro atoms. The summed E-state index contributed by atoms with van der Waals surface area (Å²) in [6.07, 6.45) is 16.5. The van der Waals surface area contributed by atoms with E-state index < -0.39 is 0 Å². The fourth-order valence-corrected chi connectivity index (χ4v) is 3.50. The summed E-state index contributed by atoms with van der Waals surface area (Å²) in [5.74, 6) is 0.323. The van der Waals surface area contributed by atoms with Crippen molar-refractivity contribution in [2.75, 3.05) is 0 Å². The largest absolute Gasteiger partial charge is 0.0801 e. The number of rotatable bonds is 4. The van der Waals surface area contributed by atoms with Crippen LogP contribution in [0.4, 0.5) is 0 Å². The Hall–Kier alpha value is -2.86. The molecule has 2 aliphatic carbocycles. The van der Waals surface area contributed by atoms with E-state index in [0.29, 0.717) is 5.92 Å². The number of hydrogen-bond acceptors (Lipinski definition) is 0. The van der Waals surface area contributed by atoms with Crippen LogP contribution in [0, 0.1) is 5.92 Å². The Morgan fingerprint density at radius 2 is 1.33 bits per heavy atom. The lowest BCUT2D eigenvalue weighted by Gasteiger charge is -2.21. The molecule has 4 rings (SSSR count). The van der Waals surface area contributed by atoms with Crippen molar-refractivity contribution >= 4 is 11.1 Å². The molecule has 0 unspecified atom stereocenters. The molecule has 0 nitrogen and oxygen atoms in total. The molecule has 0 fully saturated rings. The van der Waals surface area contributed by atoms with Crippen molar-refractivity contribution in [2.24, 2.45) is 5.92 Å². The molecule has 2 aliphatic rings. The first-order valence-electron chi connectivity index (χ1n) is 8.49. The van der Waals surface area contributed by atoms with E-state index in [0.717, 1.165) is 6.42 Å². The van der Waals surface area contributed by atoms with Crippen LogP contribution >= 0.6 is 0 Å². The maximum absolute atomic E-state index is 2.29. The molecule has 24 heavy (non-hydrogen) atoms. The van der Waals surface area contributed by atoms with Gasteiger partial charge in [0.05, 0.1) is 0 Å². The van der Waals surface area contributed by atoms with E-state index >= 15 is 0 Å². The first kappa shape index (κ1) is 14.7.